The van der Waals surface area contributed by atoms with Gasteiger partial charge in [-0.25, -0.2) is 18.2 Å². The number of thiazole rings is 1. The van der Waals surface area contributed by atoms with E-state index in [0.29, 0.717) is 11.6 Å². The molecular weight excluding hydrogens is 456 g/mol. The maximum Gasteiger partial charge on any atom is 0.321 e. The van der Waals surface area contributed by atoms with E-state index in [0.717, 1.165) is 27.1 Å². The van der Waals surface area contributed by atoms with E-state index in [9.17, 15) is 13.2 Å². The zero-order valence-corrected chi connectivity index (χ0v) is 20.3. The summed E-state index contributed by atoms with van der Waals surface area (Å²) in [7, 11) is -3.29. The second-order valence-electron chi connectivity index (χ2n) is 7.51. The monoisotopic (exact) mass is 482 g/mol. The molecular formula is C24H26N4O3S2. The van der Waals surface area contributed by atoms with Gasteiger partial charge in [-0.15, -0.1) is 0 Å². The number of carbonyl (C=O) groups excluding carboxylic acids is 1. The molecule has 0 fully saturated rings. The van der Waals surface area contributed by atoms with Gasteiger partial charge in [0.15, 0.2) is 15.0 Å². The van der Waals surface area contributed by atoms with Crippen LogP contribution in [0.2, 0.25) is 0 Å². The van der Waals surface area contributed by atoms with Crippen LogP contribution < -0.4 is 10.6 Å². The average molecular weight is 483 g/mol. The number of benzene rings is 2. The molecule has 1 unspecified atom stereocenters. The molecule has 3 rings (SSSR count). The summed E-state index contributed by atoms with van der Waals surface area (Å²) in [4.78, 5) is 21.4. The maximum atomic E-state index is 12.4. The van der Waals surface area contributed by atoms with Crippen LogP contribution in [0, 0.1) is 0 Å². The van der Waals surface area contributed by atoms with Crippen LogP contribution in [0.3, 0.4) is 0 Å². The number of aliphatic imine (C=N–C) groups is 1. The lowest BCUT2D eigenvalue weighted by molar-refractivity contribution is 0.249. The van der Waals surface area contributed by atoms with Crippen LogP contribution in [-0.4, -0.2) is 37.4 Å². The molecule has 0 bridgehead atoms. The van der Waals surface area contributed by atoms with Crippen LogP contribution in [-0.2, 0) is 9.84 Å². The first-order chi connectivity index (χ1) is 15.7. The third kappa shape index (κ3) is 6.59. The van der Waals surface area contributed by atoms with Gasteiger partial charge in [-0.1, -0.05) is 42.2 Å². The van der Waals surface area contributed by atoms with Gasteiger partial charge in [-0.05, 0) is 55.3 Å². The van der Waals surface area contributed by atoms with Crippen LogP contribution >= 0.6 is 11.3 Å². The fourth-order valence-corrected chi connectivity index (χ4v) is 4.83. The van der Waals surface area contributed by atoms with E-state index < -0.39 is 9.84 Å². The molecule has 3 aromatic rings. The van der Waals surface area contributed by atoms with Gasteiger partial charge < -0.3 is 5.32 Å². The molecule has 2 N–H and O–H groups in total. The minimum absolute atomic E-state index is 0.136. The Hall–Kier alpha value is -3.30. The first kappa shape index (κ1) is 24.3. The number of hydrogen-bond acceptors (Lipinski definition) is 6. The summed E-state index contributed by atoms with van der Waals surface area (Å²) in [5.41, 5.74) is 3.25. The molecule has 0 radical (unpaired) electrons. The fraction of sp³-hybridized carbons (Fsp3) is 0.208. The lowest BCUT2D eigenvalue weighted by Gasteiger charge is -2.13. The zero-order valence-electron chi connectivity index (χ0n) is 18.7. The van der Waals surface area contributed by atoms with Crippen molar-refractivity contribution in [3.05, 3.63) is 67.4 Å². The molecule has 2 amide bonds. The van der Waals surface area contributed by atoms with E-state index >= 15 is 0 Å². The van der Waals surface area contributed by atoms with E-state index in [-0.39, 0.29) is 17.0 Å². The lowest BCUT2D eigenvalue weighted by Crippen LogP contribution is -2.37. The Labute approximate surface area is 197 Å². The van der Waals surface area contributed by atoms with Gasteiger partial charge in [-0.3, -0.25) is 10.3 Å². The second kappa shape index (κ2) is 10.5. The predicted molar refractivity (Wildman–Crippen MR) is 137 cm³/mol. The SMILES string of the molecule is C=CN=C(/C=C\C)CC(C)NC(=O)Nc1nc2ccc(-c3cccc(S(C)(=O)=O)c3)cc2s1. The van der Waals surface area contributed by atoms with Crippen molar-refractivity contribution in [2.75, 3.05) is 11.6 Å². The van der Waals surface area contributed by atoms with Gasteiger partial charge in [0.2, 0.25) is 0 Å². The number of urea groups is 1. The smallest absolute Gasteiger partial charge is 0.321 e. The second-order valence-corrected chi connectivity index (χ2v) is 10.6. The summed E-state index contributed by atoms with van der Waals surface area (Å²) in [5, 5.41) is 6.15. The topological polar surface area (TPSA) is 101 Å². The predicted octanol–water partition coefficient (Wildman–Crippen LogP) is 5.43. The molecule has 0 aliphatic carbocycles. The van der Waals surface area contributed by atoms with Crippen LogP contribution in [0.4, 0.5) is 9.93 Å². The standard InChI is InChI=1S/C24H26N4O3S2/c1-5-8-19(25-6-2)13-16(3)26-23(29)28-24-27-21-12-11-18(15-22(21)32-24)17-9-7-10-20(14-17)33(4,30)31/h5-12,14-16H,2,13H2,1,3-4H3,(H2,26,27,28,29)/b8-5-,25-19?. The highest BCUT2D eigenvalue weighted by atomic mass is 32.2. The molecule has 172 valence electrons. The molecule has 2 aromatic carbocycles. The molecule has 1 aromatic heterocycles. The van der Waals surface area contributed by atoms with E-state index in [1.54, 1.807) is 18.2 Å². The molecule has 0 saturated heterocycles. The number of allylic oxidation sites excluding steroid dienone is 2. The number of nitrogens with zero attached hydrogens (tertiary/aromatic N) is 2. The Balaban J connectivity index is 1.72. The van der Waals surface area contributed by atoms with Gasteiger partial charge in [0.05, 0.1) is 15.1 Å². The Morgan fingerprint density at radius 1 is 1.24 bits per heavy atom. The molecule has 0 spiro atoms. The van der Waals surface area contributed by atoms with Crippen LogP contribution in [0.25, 0.3) is 21.3 Å². The van der Waals surface area contributed by atoms with E-state index in [4.69, 9.17) is 0 Å². The quantitative estimate of drug-likeness (QED) is 0.418. The summed E-state index contributed by atoms with van der Waals surface area (Å²) in [6.45, 7) is 7.42. The van der Waals surface area contributed by atoms with Crippen molar-refractivity contribution in [1.82, 2.24) is 10.3 Å². The molecule has 33 heavy (non-hydrogen) atoms. The Kier molecular flexibility index (Phi) is 7.78. The minimum atomic E-state index is -3.29. The zero-order chi connectivity index (χ0) is 24.0. The number of fused-ring (bicyclic) bond motifs is 1. The number of hydrogen-bond donors (Lipinski definition) is 2. The van der Waals surface area contributed by atoms with Crippen molar-refractivity contribution in [3.63, 3.8) is 0 Å². The van der Waals surface area contributed by atoms with Gasteiger partial charge in [0.1, 0.15) is 0 Å². The number of anilines is 1. The van der Waals surface area contributed by atoms with Gasteiger partial charge in [0, 0.05) is 30.6 Å². The van der Waals surface area contributed by atoms with Crippen molar-refractivity contribution in [1.29, 1.82) is 0 Å². The van der Waals surface area contributed by atoms with Crippen LogP contribution in [0.15, 0.2) is 77.3 Å². The highest BCUT2D eigenvalue weighted by Gasteiger charge is 2.13. The Morgan fingerprint density at radius 2 is 2.00 bits per heavy atom. The number of sulfone groups is 1. The summed E-state index contributed by atoms with van der Waals surface area (Å²) in [6.07, 6.45) is 7.01. The third-order valence-electron chi connectivity index (χ3n) is 4.71. The average Bonchev–Trinajstić information content (AvgIpc) is 3.14. The van der Waals surface area contributed by atoms with Crippen LogP contribution in [0.1, 0.15) is 20.3 Å². The summed E-state index contributed by atoms with van der Waals surface area (Å²) >= 11 is 1.35. The summed E-state index contributed by atoms with van der Waals surface area (Å²) in [5.74, 6) is 0. The van der Waals surface area contributed by atoms with Crippen molar-refractivity contribution in [2.45, 2.75) is 31.2 Å². The van der Waals surface area contributed by atoms with Gasteiger partial charge in [0.25, 0.3) is 0 Å². The largest absolute Gasteiger partial charge is 0.335 e. The van der Waals surface area contributed by atoms with Crippen molar-refractivity contribution in [2.24, 2.45) is 4.99 Å². The van der Waals surface area contributed by atoms with E-state index in [2.05, 4.69) is 27.2 Å². The lowest BCUT2D eigenvalue weighted by atomic mass is 10.1. The number of nitrogens with one attached hydrogen (secondary N) is 2. The van der Waals surface area contributed by atoms with E-state index in [1.165, 1.54) is 23.8 Å². The van der Waals surface area contributed by atoms with Gasteiger partial charge >= 0.3 is 6.03 Å². The highest BCUT2D eigenvalue weighted by Crippen LogP contribution is 2.31. The normalized spacial score (nSPS) is 13.2. The van der Waals surface area contributed by atoms with Crippen LogP contribution in [0.5, 0.6) is 0 Å². The number of carbonyl (C=O) groups is 1. The first-order valence-corrected chi connectivity index (χ1v) is 13.0. The summed E-state index contributed by atoms with van der Waals surface area (Å²) < 4.78 is 24.6. The fourth-order valence-electron chi connectivity index (χ4n) is 3.26. The first-order valence-electron chi connectivity index (χ1n) is 10.3. The van der Waals surface area contributed by atoms with Crippen molar-refractivity contribution >= 4 is 48.3 Å². The van der Waals surface area contributed by atoms with Crippen molar-refractivity contribution in [3.8, 4) is 11.1 Å². The van der Waals surface area contributed by atoms with E-state index in [1.807, 2.05) is 50.3 Å². The molecule has 0 aliphatic heterocycles. The third-order valence-corrected chi connectivity index (χ3v) is 6.76. The van der Waals surface area contributed by atoms with Crippen molar-refractivity contribution < 1.29 is 13.2 Å². The summed E-state index contributed by atoms with van der Waals surface area (Å²) in [6, 6.07) is 12.0. The molecule has 0 aliphatic rings. The Bertz CT molecular complexity index is 1340. The highest BCUT2D eigenvalue weighted by molar-refractivity contribution is 7.90. The molecule has 1 heterocycles. The van der Waals surface area contributed by atoms with Gasteiger partial charge in [-0.2, -0.15) is 0 Å². The number of amides is 2. The molecule has 1 atom stereocenters. The molecule has 0 saturated carbocycles. The minimum Gasteiger partial charge on any atom is -0.335 e. The molecule has 9 heteroatoms. The molecule has 7 nitrogen and oxygen atoms in total. The number of rotatable bonds is 8. The Morgan fingerprint density at radius 3 is 2.70 bits per heavy atom. The number of aromatic nitrogens is 1. The maximum absolute atomic E-state index is 12.4.